The second kappa shape index (κ2) is 8.77. The van der Waals surface area contributed by atoms with Gasteiger partial charge in [0.25, 0.3) is 0 Å². The van der Waals surface area contributed by atoms with Gasteiger partial charge in [0.2, 0.25) is 0 Å². The van der Waals surface area contributed by atoms with Crippen molar-refractivity contribution in [2.45, 2.75) is 19.4 Å². The van der Waals surface area contributed by atoms with Crippen LogP contribution < -0.4 is 5.73 Å². The molecule has 1 rings (SSSR count). The van der Waals surface area contributed by atoms with Crippen molar-refractivity contribution in [3.8, 4) is 0 Å². The average Bonchev–Trinajstić information content (AvgIpc) is 2.39. The molecule has 2 N–H and O–H groups in total. The first-order chi connectivity index (χ1) is 9.06. The van der Waals surface area contributed by atoms with Crippen LogP contribution in [0.25, 0.3) is 0 Å². The molecule has 1 aromatic carbocycles. The van der Waals surface area contributed by atoms with Crippen LogP contribution in [0.4, 0.5) is 0 Å². The Morgan fingerprint density at radius 2 is 2.05 bits per heavy atom. The van der Waals surface area contributed by atoms with Crippen molar-refractivity contribution in [2.24, 2.45) is 5.73 Å². The lowest BCUT2D eigenvalue weighted by Crippen LogP contribution is -2.27. The minimum atomic E-state index is -0.0965. The molecule has 0 fully saturated rings. The van der Waals surface area contributed by atoms with E-state index in [1.807, 2.05) is 19.1 Å². The maximum absolute atomic E-state index is 6.17. The van der Waals surface area contributed by atoms with Crippen LogP contribution in [0.5, 0.6) is 0 Å². The molecule has 108 valence electrons. The van der Waals surface area contributed by atoms with Gasteiger partial charge in [0, 0.05) is 19.2 Å². The summed E-state index contributed by atoms with van der Waals surface area (Å²) in [5.74, 6) is 0. The Balaban J connectivity index is 2.42. The molecule has 0 amide bonds. The molecule has 0 aliphatic heterocycles. The standard InChI is InChI=1S/C14H22Cl2N2O/c1-3-19-10-9-18(2)8-7-13(17)11-5-4-6-12(15)14(11)16/h4-6,13H,3,7-10,17H2,1-2H3. The Morgan fingerprint density at radius 1 is 1.32 bits per heavy atom. The monoisotopic (exact) mass is 304 g/mol. The first-order valence-electron chi connectivity index (χ1n) is 6.52. The van der Waals surface area contributed by atoms with Gasteiger partial charge in [-0.15, -0.1) is 0 Å². The summed E-state index contributed by atoms with van der Waals surface area (Å²) in [6.45, 7) is 5.31. The van der Waals surface area contributed by atoms with E-state index in [0.29, 0.717) is 10.0 Å². The van der Waals surface area contributed by atoms with Gasteiger partial charge in [-0.3, -0.25) is 0 Å². The van der Waals surface area contributed by atoms with Gasteiger partial charge in [0.1, 0.15) is 0 Å². The van der Waals surface area contributed by atoms with E-state index < -0.39 is 0 Å². The lowest BCUT2D eigenvalue weighted by Gasteiger charge is -2.20. The van der Waals surface area contributed by atoms with E-state index in [4.69, 9.17) is 33.7 Å². The third kappa shape index (κ3) is 5.67. The molecule has 1 aromatic rings. The summed E-state index contributed by atoms with van der Waals surface area (Å²) in [7, 11) is 2.06. The summed E-state index contributed by atoms with van der Waals surface area (Å²) in [4.78, 5) is 2.20. The Bertz CT molecular complexity index is 388. The van der Waals surface area contributed by atoms with E-state index in [2.05, 4.69) is 11.9 Å². The Morgan fingerprint density at radius 3 is 2.74 bits per heavy atom. The van der Waals surface area contributed by atoms with Crippen molar-refractivity contribution >= 4 is 23.2 Å². The number of halogens is 2. The van der Waals surface area contributed by atoms with Crippen molar-refractivity contribution in [1.82, 2.24) is 4.90 Å². The summed E-state index contributed by atoms with van der Waals surface area (Å²) in [5, 5.41) is 1.12. The molecule has 0 heterocycles. The Kier molecular flexibility index (Phi) is 7.73. The summed E-state index contributed by atoms with van der Waals surface area (Å²) in [6.07, 6.45) is 0.836. The lowest BCUT2D eigenvalue weighted by molar-refractivity contribution is 0.121. The molecular weight excluding hydrogens is 283 g/mol. The largest absolute Gasteiger partial charge is 0.380 e. The summed E-state index contributed by atoms with van der Waals surface area (Å²) in [6, 6.07) is 5.48. The zero-order valence-corrected chi connectivity index (χ0v) is 13.0. The zero-order valence-electron chi connectivity index (χ0n) is 11.5. The quantitative estimate of drug-likeness (QED) is 0.749. The molecule has 0 radical (unpaired) electrons. The lowest BCUT2D eigenvalue weighted by atomic mass is 10.0. The van der Waals surface area contributed by atoms with Crippen molar-refractivity contribution < 1.29 is 4.74 Å². The SMILES string of the molecule is CCOCCN(C)CCC(N)c1cccc(Cl)c1Cl. The fraction of sp³-hybridized carbons (Fsp3) is 0.571. The van der Waals surface area contributed by atoms with Crippen LogP contribution in [0.15, 0.2) is 18.2 Å². The van der Waals surface area contributed by atoms with Crippen LogP contribution in [0.1, 0.15) is 24.9 Å². The number of likely N-dealkylation sites (N-methyl/N-ethyl adjacent to an activating group) is 1. The summed E-state index contributed by atoms with van der Waals surface area (Å²) >= 11 is 12.2. The van der Waals surface area contributed by atoms with Gasteiger partial charge in [-0.25, -0.2) is 0 Å². The normalized spacial score (nSPS) is 12.9. The molecule has 1 unspecified atom stereocenters. The molecule has 0 bridgehead atoms. The van der Waals surface area contributed by atoms with E-state index in [0.717, 1.165) is 38.3 Å². The highest BCUT2D eigenvalue weighted by Crippen LogP contribution is 2.30. The van der Waals surface area contributed by atoms with Crippen LogP contribution in [-0.2, 0) is 4.74 Å². The number of hydrogen-bond donors (Lipinski definition) is 1. The fourth-order valence-electron chi connectivity index (χ4n) is 1.80. The summed E-state index contributed by atoms with van der Waals surface area (Å²) in [5.41, 5.74) is 7.08. The number of hydrogen-bond acceptors (Lipinski definition) is 3. The fourth-order valence-corrected chi connectivity index (χ4v) is 2.25. The molecule has 1 atom stereocenters. The van der Waals surface area contributed by atoms with E-state index in [1.54, 1.807) is 6.07 Å². The van der Waals surface area contributed by atoms with E-state index in [1.165, 1.54) is 0 Å². The van der Waals surface area contributed by atoms with Gasteiger partial charge in [0.05, 0.1) is 16.7 Å². The van der Waals surface area contributed by atoms with Gasteiger partial charge >= 0.3 is 0 Å². The maximum atomic E-state index is 6.17. The molecule has 19 heavy (non-hydrogen) atoms. The van der Waals surface area contributed by atoms with Gasteiger partial charge in [-0.05, 0) is 38.6 Å². The minimum absolute atomic E-state index is 0.0965. The molecule has 0 spiro atoms. The van der Waals surface area contributed by atoms with Crippen LogP contribution >= 0.6 is 23.2 Å². The van der Waals surface area contributed by atoms with Crippen molar-refractivity contribution in [2.75, 3.05) is 33.4 Å². The number of benzene rings is 1. The van der Waals surface area contributed by atoms with Crippen molar-refractivity contribution in [3.05, 3.63) is 33.8 Å². The van der Waals surface area contributed by atoms with E-state index in [-0.39, 0.29) is 6.04 Å². The number of nitrogens with two attached hydrogens (primary N) is 1. The molecule has 0 aliphatic rings. The van der Waals surface area contributed by atoms with Crippen molar-refractivity contribution in [1.29, 1.82) is 0 Å². The first-order valence-corrected chi connectivity index (χ1v) is 7.27. The predicted molar refractivity (Wildman–Crippen MR) is 82.0 cm³/mol. The van der Waals surface area contributed by atoms with Gasteiger partial charge < -0.3 is 15.4 Å². The second-order valence-electron chi connectivity index (χ2n) is 4.54. The molecule has 0 saturated heterocycles. The van der Waals surface area contributed by atoms with Gasteiger partial charge in [-0.2, -0.15) is 0 Å². The van der Waals surface area contributed by atoms with Gasteiger partial charge in [-0.1, -0.05) is 35.3 Å². The second-order valence-corrected chi connectivity index (χ2v) is 5.32. The highest BCUT2D eigenvalue weighted by atomic mass is 35.5. The molecule has 0 aliphatic carbocycles. The summed E-state index contributed by atoms with van der Waals surface area (Å²) < 4.78 is 5.32. The molecule has 5 heteroatoms. The molecule has 0 aromatic heterocycles. The molecule has 3 nitrogen and oxygen atoms in total. The third-order valence-corrected chi connectivity index (χ3v) is 3.86. The molecular formula is C14H22Cl2N2O. The number of nitrogens with zero attached hydrogens (tertiary/aromatic N) is 1. The maximum Gasteiger partial charge on any atom is 0.0640 e. The Hall–Kier alpha value is -0.320. The van der Waals surface area contributed by atoms with Crippen LogP contribution in [0.3, 0.4) is 0 Å². The van der Waals surface area contributed by atoms with E-state index >= 15 is 0 Å². The highest BCUT2D eigenvalue weighted by molar-refractivity contribution is 6.42. The number of rotatable bonds is 8. The molecule has 0 saturated carbocycles. The minimum Gasteiger partial charge on any atom is -0.380 e. The van der Waals surface area contributed by atoms with Gasteiger partial charge in [0.15, 0.2) is 0 Å². The number of ether oxygens (including phenoxy) is 1. The topological polar surface area (TPSA) is 38.5 Å². The Labute approximate surface area is 125 Å². The third-order valence-electron chi connectivity index (χ3n) is 3.02. The zero-order chi connectivity index (χ0) is 14.3. The smallest absolute Gasteiger partial charge is 0.0640 e. The van der Waals surface area contributed by atoms with E-state index in [9.17, 15) is 0 Å². The first kappa shape index (κ1) is 16.7. The predicted octanol–water partition coefficient (Wildman–Crippen LogP) is 3.35. The average molecular weight is 305 g/mol. The highest BCUT2D eigenvalue weighted by Gasteiger charge is 2.12. The van der Waals surface area contributed by atoms with Crippen LogP contribution in [-0.4, -0.2) is 38.3 Å². The van der Waals surface area contributed by atoms with Crippen LogP contribution in [0.2, 0.25) is 10.0 Å². The van der Waals surface area contributed by atoms with Crippen molar-refractivity contribution in [3.63, 3.8) is 0 Å². The van der Waals surface area contributed by atoms with Crippen LogP contribution in [0, 0.1) is 0 Å².